The first kappa shape index (κ1) is 28.8. The number of nitrogens with one attached hydrogen (secondary N) is 1. The van der Waals surface area contributed by atoms with Crippen molar-refractivity contribution in [3.63, 3.8) is 0 Å². The first-order valence-electron chi connectivity index (χ1n) is 12.6. The van der Waals surface area contributed by atoms with Crippen molar-refractivity contribution in [3.8, 4) is 0 Å². The van der Waals surface area contributed by atoms with Crippen LogP contribution in [-0.2, 0) is 26.2 Å². The summed E-state index contributed by atoms with van der Waals surface area (Å²) in [7, 11) is -4.10. The number of hydrogen-bond donors (Lipinski definition) is 1. The van der Waals surface area contributed by atoms with Gasteiger partial charge in [-0.3, -0.25) is 13.9 Å². The zero-order valence-electron chi connectivity index (χ0n) is 21.9. The van der Waals surface area contributed by atoms with Gasteiger partial charge in [0.05, 0.1) is 10.6 Å². The number of nitrogens with zero attached hydrogens (tertiary/aromatic N) is 2. The summed E-state index contributed by atoms with van der Waals surface area (Å²) in [5.41, 5.74) is 0.941. The minimum atomic E-state index is -4.10. The van der Waals surface area contributed by atoms with E-state index in [1.165, 1.54) is 29.2 Å². The van der Waals surface area contributed by atoms with Crippen molar-refractivity contribution in [3.05, 3.63) is 96.3 Å². The fourth-order valence-corrected chi connectivity index (χ4v) is 5.41. The smallest absolute Gasteiger partial charge is 0.264 e. The van der Waals surface area contributed by atoms with Crippen molar-refractivity contribution >= 4 is 27.5 Å². The summed E-state index contributed by atoms with van der Waals surface area (Å²) in [5.74, 6) is -1.09. The Bertz CT molecular complexity index is 1300. The maximum Gasteiger partial charge on any atom is 0.264 e. The summed E-state index contributed by atoms with van der Waals surface area (Å²) in [5, 5.41) is 2.88. The molecule has 2 amide bonds. The molecule has 0 aliphatic carbocycles. The highest BCUT2D eigenvalue weighted by atomic mass is 32.2. The molecule has 0 spiro atoms. The van der Waals surface area contributed by atoms with Gasteiger partial charge in [-0.25, -0.2) is 12.8 Å². The number of rotatable bonds is 12. The highest BCUT2D eigenvalue weighted by Crippen LogP contribution is 2.24. The second-order valence-electron chi connectivity index (χ2n) is 9.37. The maximum atomic E-state index is 13.9. The summed E-state index contributed by atoms with van der Waals surface area (Å²) in [6.07, 6.45) is 0.313. The quantitative estimate of drug-likeness (QED) is 0.365. The van der Waals surface area contributed by atoms with Crippen LogP contribution in [0.4, 0.5) is 10.1 Å². The van der Waals surface area contributed by atoms with Crippen molar-refractivity contribution in [2.75, 3.05) is 17.4 Å². The summed E-state index contributed by atoms with van der Waals surface area (Å²) in [4.78, 5) is 28.5. The van der Waals surface area contributed by atoms with Crippen molar-refractivity contribution in [1.29, 1.82) is 0 Å². The summed E-state index contributed by atoms with van der Waals surface area (Å²) >= 11 is 0. The fraction of sp³-hybridized carbons (Fsp3) is 0.310. The molecular weight excluding hydrogens is 505 g/mol. The van der Waals surface area contributed by atoms with E-state index in [1.807, 2.05) is 13.8 Å². The molecule has 3 rings (SSSR count). The lowest BCUT2D eigenvalue weighted by atomic mass is 10.1. The van der Waals surface area contributed by atoms with Gasteiger partial charge in [-0.1, -0.05) is 69.3 Å². The Morgan fingerprint density at radius 2 is 1.47 bits per heavy atom. The van der Waals surface area contributed by atoms with Crippen LogP contribution in [-0.4, -0.2) is 44.3 Å². The first-order valence-corrected chi connectivity index (χ1v) is 14.0. The van der Waals surface area contributed by atoms with Gasteiger partial charge in [-0.2, -0.15) is 0 Å². The van der Waals surface area contributed by atoms with Crippen LogP contribution in [0, 0.1) is 11.7 Å². The monoisotopic (exact) mass is 539 g/mol. The molecule has 38 heavy (non-hydrogen) atoms. The number of hydrogen-bond acceptors (Lipinski definition) is 4. The highest BCUT2D eigenvalue weighted by Gasteiger charge is 2.33. The molecule has 0 bridgehead atoms. The zero-order valence-corrected chi connectivity index (χ0v) is 22.7. The lowest BCUT2D eigenvalue weighted by molar-refractivity contribution is -0.140. The molecule has 0 aliphatic heterocycles. The van der Waals surface area contributed by atoms with E-state index >= 15 is 0 Å². The van der Waals surface area contributed by atoms with Gasteiger partial charge in [0, 0.05) is 13.1 Å². The van der Waals surface area contributed by atoms with E-state index in [-0.39, 0.29) is 23.3 Å². The van der Waals surface area contributed by atoms with Gasteiger partial charge in [-0.15, -0.1) is 0 Å². The minimum absolute atomic E-state index is 0.0146. The van der Waals surface area contributed by atoms with Gasteiger partial charge in [0.25, 0.3) is 10.0 Å². The summed E-state index contributed by atoms with van der Waals surface area (Å²) < 4.78 is 41.9. The van der Waals surface area contributed by atoms with Gasteiger partial charge in [0.15, 0.2) is 0 Å². The molecule has 0 radical (unpaired) electrons. The maximum absolute atomic E-state index is 13.9. The summed E-state index contributed by atoms with van der Waals surface area (Å²) in [6, 6.07) is 21.1. The largest absolute Gasteiger partial charge is 0.354 e. The van der Waals surface area contributed by atoms with Crippen LogP contribution in [0.5, 0.6) is 0 Å². The van der Waals surface area contributed by atoms with E-state index < -0.39 is 34.3 Å². The van der Waals surface area contributed by atoms with Crippen LogP contribution < -0.4 is 9.62 Å². The van der Waals surface area contributed by atoms with E-state index in [1.54, 1.807) is 67.6 Å². The van der Waals surface area contributed by atoms with Crippen LogP contribution in [0.3, 0.4) is 0 Å². The average Bonchev–Trinajstić information content (AvgIpc) is 2.92. The third-order valence-corrected chi connectivity index (χ3v) is 7.78. The summed E-state index contributed by atoms with van der Waals surface area (Å²) in [6.45, 7) is 5.66. The highest BCUT2D eigenvalue weighted by molar-refractivity contribution is 7.92. The topological polar surface area (TPSA) is 86.8 Å². The van der Waals surface area contributed by atoms with Gasteiger partial charge >= 0.3 is 0 Å². The van der Waals surface area contributed by atoms with Crippen molar-refractivity contribution in [1.82, 2.24) is 10.2 Å². The number of anilines is 1. The van der Waals surface area contributed by atoms with Crippen LogP contribution in [0.25, 0.3) is 0 Å². The second-order valence-corrected chi connectivity index (χ2v) is 11.2. The molecule has 3 aromatic carbocycles. The molecule has 1 atom stereocenters. The molecule has 7 nitrogen and oxygen atoms in total. The SMILES string of the molecule is CCC(C(=O)NCC(C)C)N(Cc1ccc(F)cc1)C(=O)CN(c1ccccc1)S(=O)(=O)c1ccccc1. The number of amides is 2. The number of sulfonamides is 1. The predicted molar refractivity (Wildman–Crippen MR) is 146 cm³/mol. The molecule has 1 N–H and O–H groups in total. The van der Waals surface area contributed by atoms with Gasteiger partial charge in [0.1, 0.15) is 18.4 Å². The second kappa shape index (κ2) is 13.2. The van der Waals surface area contributed by atoms with Crippen molar-refractivity contribution in [2.24, 2.45) is 5.92 Å². The Morgan fingerprint density at radius 1 is 0.895 bits per heavy atom. The fourth-order valence-electron chi connectivity index (χ4n) is 3.97. The third kappa shape index (κ3) is 7.41. The van der Waals surface area contributed by atoms with E-state index in [0.29, 0.717) is 24.2 Å². The number of benzene rings is 3. The van der Waals surface area contributed by atoms with Gasteiger partial charge in [0.2, 0.25) is 11.8 Å². The van der Waals surface area contributed by atoms with Crippen LogP contribution >= 0.6 is 0 Å². The first-order chi connectivity index (χ1) is 18.1. The van der Waals surface area contributed by atoms with Crippen LogP contribution in [0.2, 0.25) is 0 Å². The normalized spacial score (nSPS) is 12.1. The Kier molecular flexibility index (Phi) is 10.0. The Labute approximate surface area is 224 Å². The van der Waals surface area contributed by atoms with Gasteiger partial charge < -0.3 is 10.2 Å². The number of carbonyl (C=O) groups is 2. The van der Waals surface area contributed by atoms with E-state index in [2.05, 4.69) is 5.32 Å². The molecule has 9 heteroatoms. The Morgan fingerprint density at radius 3 is 2.03 bits per heavy atom. The molecule has 0 heterocycles. The molecule has 3 aromatic rings. The zero-order chi connectivity index (χ0) is 27.7. The minimum Gasteiger partial charge on any atom is -0.354 e. The molecule has 0 fully saturated rings. The lowest BCUT2D eigenvalue weighted by Gasteiger charge is -2.33. The standard InChI is InChI=1S/C29H34FN3O4S/c1-4-27(29(35)31-19-22(2)3)32(20-23-15-17-24(30)18-16-23)28(34)21-33(25-11-7-5-8-12-25)38(36,37)26-13-9-6-10-14-26/h5-18,22,27H,4,19-21H2,1-3H3,(H,31,35). The third-order valence-electron chi connectivity index (χ3n) is 5.99. The van der Waals surface area contributed by atoms with Crippen LogP contribution in [0.15, 0.2) is 89.8 Å². The van der Waals surface area contributed by atoms with E-state index in [9.17, 15) is 22.4 Å². The Balaban J connectivity index is 2.00. The van der Waals surface area contributed by atoms with E-state index in [0.717, 1.165) is 4.31 Å². The molecule has 0 saturated carbocycles. The number of para-hydroxylation sites is 1. The van der Waals surface area contributed by atoms with Crippen LogP contribution in [0.1, 0.15) is 32.8 Å². The average molecular weight is 540 g/mol. The van der Waals surface area contributed by atoms with Gasteiger partial charge in [-0.05, 0) is 54.3 Å². The molecule has 0 saturated heterocycles. The lowest BCUT2D eigenvalue weighted by Crippen LogP contribution is -2.52. The molecule has 0 aromatic heterocycles. The molecule has 0 aliphatic rings. The van der Waals surface area contributed by atoms with E-state index in [4.69, 9.17) is 0 Å². The number of halogens is 1. The number of carbonyl (C=O) groups excluding carboxylic acids is 2. The van der Waals surface area contributed by atoms with Crippen molar-refractivity contribution in [2.45, 2.75) is 44.7 Å². The molecule has 1 unspecified atom stereocenters. The predicted octanol–water partition coefficient (Wildman–Crippen LogP) is 4.60. The Hall–Kier alpha value is -3.72. The molecule has 202 valence electrons. The van der Waals surface area contributed by atoms with Crippen molar-refractivity contribution < 1.29 is 22.4 Å². The molecular formula is C29H34FN3O4S.